The second kappa shape index (κ2) is 15.9. The van der Waals surface area contributed by atoms with E-state index < -0.39 is 30.4 Å². The van der Waals surface area contributed by atoms with E-state index >= 15 is 0 Å². The van der Waals surface area contributed by atoms with Gasteiger partial charge in [-0.3, -0.25) is 19.1 Å². The molecule has 0 saturated heterocycles. The Morgan fingerprint density at radius 1 is 0.950 bits per heavy atom. The highest BCUT2D eigenvalue weighted by Gasteiger charge is 2.20. The summed E-state index contributed by atoms with van der Waals surface area (Å²) in [5.41, 5.74) is 2.24. The fourth-order valence-corrected chi connectivity index (χ4v) is 3.95. The third-order valence-corrected chi connectivity index (χ3v) is 6.32. The van der Waals surface area contributed by atoms with Gasteiger partial charge in [-0.15, -0.1) is 5.10 Å². The summed E-state index contributed by atoms with van der Waals surface area (Å²) in [5, 5.41) is 25.6. The highest BCUT2D eigenvalue weighted by molar-refractivity contribution is 7.98. The van der Waals surface area contributed by atoms with Crippen LogP contribution in [0.2, 0.25) is 0 Å². The first-order valence-corrected chi connectivity index (χ1v) is 13.9. The molecule has 0 spiro atoms. The number of carboxylic acid groups (broad SMARTS) is 1. The number of aliphatic carboxylic acids is 1. The topological polar surface area (TPSA) is 181 Å². The van der Waals surface area contributed by atoms with Crippen molar-refractivity contribution in [3.05, 3.63) is 54.5 Å². The van der Waals surface area contributed by atoms with Crippen LogP contribution in [0.15, 0.2) is 54.1 Å². The number of unbranched alkanes of at least 4 members (excludes halogenated alkanes) is 2. The van der Waals surface area contributed by atoms with Crippen molar-refractivity contribution in [2.75, 3.05) is 19.3 Å². The van der Waals surface area contributed by atoms with Crippen molar-refractivity contribution < 1.29 is 24.3 Å². The number of hydrogen-bond donors (Lipinski definition) is 4. The molecule has 13 nitrogen and oxygen atoms in total. The lowest BCUT2D eigenvalue weighted by atomic mass is 10.1. The van der Waals surface area contributed by atoms with E-state index in [1.54, 1.807) is 41.3 Å². The molecule has 3 rings (SSSR count). The zero-order chi connectivity index (χ0) is 28.7. The van der Waals surface area contributed by atoms with E-state index in [2.05, 4.69) is 36.2 Å². The van der Waals surface area contributed by atoms with Crippen LogP contribution in [-0.4, -0.2) is 79.1 Å². The van der Waals surface area contributed by atoms with Gasteiger partial charge in [0, 0.05) is 37.3 Å². The van der Waals surface area contributed by atoms with E-state index in [-0.39, 0.29) is 25.3 Å². The van der Waals surface area contributed by atoms with Crippen LogP contribution in [0.5, 0.6) is 0 Å². The zero-order valence-electron chi connectivity index (χ0n) is 22.1. The smallest absolute Gasteiger partial charge is 0.326 e. The number of rotatable bonds is 16. The van der Waals surface area contributed by atoms with Crippen molar-refractivity contribution in [1.29, 1.82) is 0 Å². The number of nitrogens with zero attached hydrogens (tertiary/aromatic N) is 5. The first-order valence-electron chi connectivity index (χ1n) is 12.7. The number of carboxylic acids is 1. The SMILES string of the molecule is CSc1ncc(-c2cn(CCCCCC(=O)NCC(=O)NCC(=O)NC(Cc3ccccc3)C(=O)O)nn2)cn1. The van der Waals surface area contributed by atoms with Gasteiger partial charge < -0.3 is 21.1 Å². The molecular formula is C26H32N8O5S. The Labute approximate surface area is 235 Å². The maximum absolute atomic E-state index is 12.1. The molecule has 14 heteroatoms. The highest BCUT2D eigenvalue weighted by Crippen LogP contribution is 2.16. The number of thioether (sulfide) groups is 1. The summed E-state index contributed by atoms with van der Waals surface area (Å²) < 4.78 is 1.73. The predicted molar refractivity (Wildman–Crippen MR) is 147 cm³/mol. The Balaban J connectivity index is 1.25. The molecular weight excluding hydrogens is 536 g/mol. The van der Waals surface area contributed by atoms with Gasteiger partial charge in [-0.1, -0.05) is 53.7 Å². The van der Waals surface area contributed by atoms with Crippen LogP contribution in [0.4, 0.5) is 0 Å². The molecule has 212 valence electrons. The molecule has 0 bridgehead atoms. The van der Waals surface area contributed by atoms with Gasteiger partial charge >= 0.3 is 5.97 Å². The standard InChI is InChI=1S/C26H32N8O5S/c1-40-26-29-13-19(14-30-26)21-17-34(33-32-21)11-7-3-6-10-22(35)27-15-23(36)28-16-24(37)31-20(25(38)39)12-18-8-4-2-5-9-18/h2,4-5,8-9,13-14,17,20H,3,6-7,10-12,15-16H2,1H3,(H,27,35)(H,28,36)(H,31,37)(H,38,39). The van der Waals surface area contributed by atoms with Crippen molar-refractivity contribution in [3.63, 3.8) is 0 Å². The van der Waals surface area contributed by atoms with Crippen molar-refractivity contribution in [1.82, 2.24) is 40.9 Å². The van der Waals surface area contributed by atoms with Crippen LogP contribution in [0, 0.1) is 0 Å². The van der Waals surface area contributed by atoms with Gasteiger partial charge in [0.25, 0.3) is 0 Å². The van der Waals surface area contributed by atoms with Crippen molar-refractivity contribution in [3.8, 4) is 11.3 Å². The molecule has 0 aliphatic heterocycles. The number of hydrogen-bond acceptors (Lipinski definition) is 9. The minimum atomic E-state index is -1.17. The van der Waals surface area contributed by atoms with Crippen molar-refractivity contribution >= 4 is 35.5 Å². The normalized spacial score (nSPS) is 11.4. The van der Waals surface area contributed by atoms with Crippen LogP contribution < -0.4 is 16.0 Å². The van der Waals surface area contributed by atoms with Crippen LogP contribution in [-0.2, 0) is 32.1 Å². The third-order valence-electron chi connectivity index (χ3n) is 5.74. The first-order chi connectivity index (χ1) is 19.3. The summed E-state index contributed by atoms with van der Waals surface area (Å²) in [6.07, 6.45) is 9.76. The maximum Gasteiger partial charge on any atom is 0.326 e. The van der Waals surface area contributed by atoms with Gasteiger partial charge in [0.1, 0.15) is 11.7 Å². The molecule has 1 unspecified atom stereocenters. The summed E-state index contributed by atoms with van der Waals surface area (Å²) in [6.45, 7) is -0.0216. The molecule has 0 radical (unpaired) electrons. The van der Waals surface area contributed by atoms with Gasteiger partial charge in [0.15, 0.2) is 5.16 Å². The van der Waals surface area contributed by atoms with E-state index in [4.69, 9.17) is 0 Å². The summed E-state index contributed by atoms with van der Waals surface area (Å²) in [5.74, 6) is -2.63. The molecule has 2 aromatic heterocycles. The third kappa shape index (κ3) is 10.4. The number of carbonyl (C=O) groups is 4. The number of aryl methyl sites for hydroxylation is 1. The quantitative estimate of drug-likeness (QED) is 0.111. The van der Waals surface area contributed by atoms with Gasteiger partial charge in [0.05, 0.1) is 19.3 Å². The lowest BCUT2D eigenvalue weighted by Gasteiger charge is -2.15. The summed E-state index contributed by atoms with van der Waals surface area (Å²) in [4.78, 5) is 56.1. The van der Waals surface area contributed by atoms with Crippen molar-refractivity contribution in [2.45, 2.75) is 49.8 Å². The molecule has 0 saturated carbocycles. The van der Waals surface area contributed by atoms with Crippen LogP contribution in [0.3, 0.4) is 0 Å². The average molecular weight is 569 g/mol. The molecule has 2 heterocycles. The Morgan fingerprint density at radius 3 is 2.35 bits per heavy atom. The fourth-order valence-electron chi connectivity index (χ4n) is 3.63. The van der Waals surface area contributed by atoms with Gasteiger partial charge in [-0.05, 0) is 24.7 Å². The second-order valence-corrected chi connectivity index (χ2v) is 9.61. The van der Waals surface area contributed by atoms with E-state index in [0.717, 1.165) is 24.0 Å². The Morgan fingerprint density at radius 2 is 1.65 bits per heavy atom. The minimum absolute atomic E-state index is 0.119. The average Bonchev–Trinajstić information content (AvgIpc) is 3.44. The number of aromatic nitrogens is 5. The first kappa shape index (κ1) is 30.2. The van der Waals surface area contributed by atoms with Crippen LogP contribution in [0.25, 0.3) is 11.3 Å². The van der Waals surface area contributed by atoms with Gasteiger partial charge in [-0.2, -0.15) is 0 Å². The Hall–Kier alpha value is -4.33. The zero-order valence-corrected chi connectivity index (χ0v) is 22.9. The minimum Gasteiger partial charge on any atom is -0.480 e. The van der Waals surface area contributed by atoms with Crippen molar-refractivity contribution in [2.24, 2.45) is 0 Å². The van der Waals surface area contributed by atoms with E-state index in [0.29, 0.717) is 23.8 Å². The Kier molecular flexibility index (Phi) is 12.0. The van der Waals surface area contributed by atoms with Crippen LogP contribution >= 0.6 is 11.8 Å². The second-order valence-electron chi connectivity index (χ2n) is 8.84. The fraction of sp³-hybridized carbons (Fsp3) is 0.385. The number of nitrogens with one attached hydrogen (secondary N) is 3. The van der Waals surface area contributed by atoms with Crippen LogP contribution in [0.1, 0.15) is 31.2 Å². The number of carbonyl (C=O) groups excluding carboxylic acids is 3. The summed E-state index contributed by atoms with van der Waals surface area (Å²) >= 11 is 1.46. The summed E-state index contributed by atoms with van der Waals surface area (Å²) in [7, 11) is 0. The monoisotopic (exact) mass is 568 g/mol. The summed E-state index contributed by atoms with van der Waals surface area (Å²) in [6, 6.07) is 7.78. The van der Waals surface area contributed by atoms with E-state index in [9.17, 15) is 24.3 Å². The molecule has 1 atom stereocenters. The largest absolute Gasteiger partial charge is 0.480 e. The molecule has 40 heavy (non-hydrogen) atoms. The molecule has 0 fully saturated rings. The molecule has 0 aliphatic rings. The predicted octanol–water partition coefficient (Wildman–Crippen LogP) is 1.06. The molecule has 0 aliphatic carbocycles. The number of amides is 3. The highest BCUT2D eigenvalue weighted by atomic mass is 32.2. The molecule has 1 aromatic carbocycles. The number of benzene rings is 1. The lowest BCUT2D eigenvalue weighted by molar-refractivity contribution is -0.141. The Bertz CT molecular complexity index is 1270. The molecule has 3 aromatic rings. The van der Waals surface area contributed by atoms with Gasteiger partial charge in [-0.25, -0.2) is 14.8 Å². The van der Waals surface area contributed by atoms with E-state index in [1.165, 1.54) is 11.8 Å². The molecule has 3 amide bonds. The molecule has 4 N–H and O–H groups in total. The van der Waals surface area contributed by atoms with Gasteiger partial charge in [0.2, 0.25) is 17.7 Å². The lowest BCUT2D eigenvalue weighted by Crippen LogP contribution is -2.47. The van der Waals surface area contributed by atoms with E-state index in [1.807, 2.05) is 18.5 Å². The maximum atomic E-state index is 12.1.